The van der Waals surface area contributed by atoms with Gasteiger partial charge in [0.15, 0.2) is 6.20 Å². The minimum Gasteiger partial charge on any atom is -0.454 e. The smallest absolute Gasteiger partial charge is 0.216 e. The molecule has 2 nitrogen and oxygen atoms in total. The molecule has 0 saturated heterocycles. The quantitative estimate of drug-likeness (QED) is 0.187. The van der Waals surface area contributed by atoms with Gasteiger partial charge in [-0.1, -0.05) is 90.2 Å². The van der Waals surface area contributed by atoms with Crippen molar-refractivity contribution in [2.24, 2.45) is 7.05 Å². The maximum Gasteiger partial charge on any atom is 0.216 e. The first-order chi connectivity index (χ1) is 17.9. The number of pyridine rings is 1. The third-order valence-corrected chi connectivity index (χ3v) is 11.2. The molecule has 6 aromatic rings. The molecule has 0 aliphatic carbocycles. The molecule has 2 heterocycles. The lowest BCUT2D eigenvalue weighted by molar-refractivity contribution is -0.660. The van der Waals surface area contributed by atoms with Gasteiger partial charge in [-0.05, 0) is 36.2 Å². The van der Waals surface area contributed by atoms with E-state index >= 15 is 4.39 Å². The molecule has 0 radical (unpaired) electrons. The van der Waals surface area contributed by atoms with E-state index in [1.165, 1.54) is 10.4 Å². The van der Waals surface area contributed by atoms with Gasteiger partial charge in [0.2, 0.25) is 5.69 Å². The first kappa shape index (κ1) is 23.4. The van der Waals surface area contributed by atoms with Gasteiger partial charge in [-0.25, -0.2) is 8.96 Å². The van der Waals surface area contributed by atoms with E-state index in [1.807, 2.05) is 43.6 Å². The molecule has 0 N–H and O–H groups in total. The summed E-state index contributed by atoms with van der Waals surface area (Å²) in [5, 5.41) is 4.61. The highest BCUT2D eigenvalue weighted by molar-refractivity contribution is 7.00. The van der Waals surface area contributed by atoms with Crippen LogP contribution in [0.1, 0.15) is 5.56 Å². The predicted octanol–water partition coefficient (Wildman–Crippen LogP) is 7.01. The summed E-state index contributed by atoms with van der Waals surface area (Å²) in [4.78, 5) is 0. The number of furan rings is 1. The summed E-state index contributed by atoms with van der Waals surface area (Å²) in [7, 11) is 0.182. The van der Waals surface area contributed by atoms with Crippen molar-refractivity contribution >= 4 is 40.4 Å². The van der Waals surface area contributed by atoms with Crippen molar-refractivity contribution in [2.75, 3.05) is 0 Å². The van der Waals surface area contributed by atoms with Crippen molar-refractivity contribution in [1.29, 1.82) is 0 Å². The summed E-state index contributed by atoms with van der Waals surface area (Å²) in [6.45, 7) is 6.80. The lowest BCUT2D eigenvalue weighted by Crippen LogP contribution is -2.52. The van der Waals surface area contributed by atoms with Gasteiger partial charge in [-0.15, -0.1) is 0 Å². The van der Waals surface area contributed by atoms with Crippen LogP contribution in [0, 0.1) is 12.7 Å². The van der Waals surface area contributed by atoms with Crippen LogP contribution in [-0.4, -0.2) is 8.07 Å². The third kappa shape index (κ3) is 3.80. The van der Waals surface area contributed by atoms with Crippen LogP contribution in [0.4, 0.5) is 4.39 Å². The van der Waals surface area contributed by atoms with Crippen molar-refractivity contribution < 1.29 is 13.4 Å². The second-order valence-corrected chi connectivity index (χ2v) is 14.7. The Morgan fingerprint density at radius 2 is 1.30 bits per heavy atom. The first-order valence-corrected chi connectivity index (χ1v) is 15.6. The van der Waals surface area contributed by atoms with Crippen molar-refractivity contribution in [2.45, 2.75) is 20.0 Å². The van der Waals surface area contributed by atoms with E-state index in [4.69, 9.17) is 4.42 Å². The van der Waals surface area contributed by atoms with Crippen LogP contribution >= 0.6 is 0 Å². The topological polar surface area (TPSA) is 17.0 Å². The second kappa shape index (κ2) is 8.82. The van der Waals surface area contributed by atoms with Gasteiger partial charge in [-0.2, -0.15) is 0 Å². The molecule has 182 valence electrons. The van der Waals surface area contributed by atoms with Crippen molar-refractivity contribution in [1.82, 2.24) is 0 Å². The minimum absolute atomic E-state index is 0.276. The van der Waals surface area contributed by atoms with E-state index in [2.05, 4.69) is 85.2 Å². The molecule has 0 aliphatic rings. The monoisotopic (exact) mass is 502 g/mol. The highest BCUT2D eigenvalue weighted by atomic mass is 28.3. The molecule has 0 saturated carbocycles. The molecule has 6 rings (SSSR count). The Hall–Kier alpha value is -4.02. The SMILES string of the molecule is Cc1ccc2c(oc3c(-c4ccc([Si](C)(C)c5ccccc5)cc4)c(F)ccc32)c1-c1cccc[n+]1C. The fourth-order valence-electron chi connectivity index (χ4n) is 5.42. The highest BCUT2D eigenvalue weighted by Gasteiger charge is 2.27. The van der Waals surface area contributed by atoms with Crippen LogP contribution in [0.15, 0.2) is 108 Å². The minimum atomic E-state index is -1.85. The van der Waals surface area contributed by atoms with E-state index in [1.54, 1.807) is 6.07 Å². The van der Waals surface area contributed by atoms with Crippen LogP contribution < -0.4 is 14.9 Å². The average Bonchev–Trinajstić information content (AvgIpc) is 3.28. The number of aromatic nitrogens is 1. The number of benzene rings is 4. The zero-order valence-electron chi connectivity index (χ0n) is 21.5. The normalized spacial score (nSPS) is 11.9. The maximum atomic E-state index is 15.4. The summed E-state index contributed by atoms with van der Waals surface area (Å²) in [6, 6.07) is 32.8. The molecule has 4 heteroatoms. The fourth-order valence-corrected chi connectivity index (χ4v) is 7.78. The van der Waals surface area contributed by atoms with Crippen LogP contribution in [-0.2, 0) is 7.05 Å². The molecule has 4 aromatic carbocycles. The summed E-state index contributed by atoms with van der Waals surface area (Å²) in [5.41, 5.74) is 5.93. The second-order valence-electron chi connectivity index (χ2n) is 10.3. The lowest BCUT2D eigenvalue weighted by Gasteiger charge is -2.24. The Labute approximate surface area is 217 Å². The lowest BCUT2D eigenvalue weighted by atomic mass is 9.99. The molecule has 0 spiro atoms. The summed E-state index contributed by atoms with van der Waals surface area (Å²) in [5.74, 6) is -0.276. The maximum absolute atomic E-state index is 15.4. The van der Waals surface area contributed by atoms with Crippen LogP contribution in [0.2, 0.25) is 13.1 Å². The highest BCUT2D eigenvalue weighted by Crippen LogP contribution is 2.41. The van der Waals surface area contributed by atoms with Gasteiger partial charge >= 0.3 is 0 Å². The van der Waals surface area contributed by atoms with Gasteiger partial charge in [0.05, 0.1) is 11.1 Å². The summed E-state index contributed by atoms with van der Waals surface area (Å²) in [6.07, 6.45) is 2.03. The average molecular weight is 503 g/mol. The molecule has 2 aromatic heterocycles. The standard InChI is InChI=1S/C33H29FNOSi/c1-22-13-18-26-27-19-20-28(34)31(33(27)36-32(26)30(22)29-12-8-9-21-35(29)2)23-14-16-25(17-15-23)37(3,4)24-10-6-5-7-11-24/h5-21H,1-4H3/q+1. The molecular weight excluding hydrogens is 473 g/mol. The van der Waals surface area contributed by atoms with Gasteiger partial charge in [0, 0.05) is 22.9 Å². The molecule has 0 aliphatic heterocycles. The van der Waals surface area contributed by atoms with Crippen LogP contribution in [0.5, 0.6) is 0 Å². The Bertz CT molecular complexity index is 1770. The number of halogens is 1. The number of nitrogens with zero attached hydrogens (tertiary/aromatic N) is 1. The first-order valence-electron chi connectivity index (χ1n) is 12.6. The van der Waals surface area contributed by atoms with Crippen molar-refractivity contribution in [3.8, 4) is 22.4 Å². The van der Waals surface area contributed by atoms with E-state index in [0.29, 0.717) is 11.1 Å². The van der Waals surface area contributed by atoms with Gasteiger partial charge < -0.3 is 4.42 Å². The summed E-state index contributed by atoms with van der Waals surface area (Å²) < 4.78 is 24.1. The molecule has 0 unspecified atom stereocenters. The zero-order chi connectivity index (χ0) is 25.7. The molecule has 37 heavy (non-hydrogen) atoms. The Balaban J connectivity index is 1.53. The van der Waals surface area contributed by atoms with Crippen LogP contribution in [0.25, 0.3) is 44.3 Å². The Morgan fingerprint density at radius 1 is 0.676 bits per heavy atom. The molecule has 0 amide bonds. The largest absolute Gasteiger partial charge is 0.454 e. The molecular formula is C33H29FNOSi+. The van der Waals surface area contributed by atoms with Gasteiger partial charge in [0.25, 0.3) is 0 Å². The number of hydrogen-bond donors (Lipinski definition) is 0. The van der Waals surface area contributed by atoms with Crippen LogP contribution in [0.3, 0.4) is 0 Å². The van der Waals surface area contributed by atoms with E-state index in [9.17, 15) is 0 Å². The Kier molecular flexibility index (Phi) is 5.57. The van der Waals surface area contributed by atoms with E-state index < -0.39 is 8.07 Å². The number of fused-ring (bicyclic) bond motifs is 3. The van der Waals surface area contributed by atoms with Gasteiger partial charge in [-0.3, -0.25) is 0 Å². The number of aryl methyl sites for hydroxylation is 2. The predicted molar refractivity (Wildman–Crippen MR) is 154 cm³/mol. The summed E-state index contributed by atoms with van der Waals surface area (Å²) >= 11 is 0. The molecule has 0 atom stereocenters. The van der Waals surface area contributed by atoms with Crippen molar-refractivity contribution in [3.05, 3.63) is 115 Å². The molecule has 0 fully saturated rings. The number of hydrogen-bond acceptors (Lipinski definition) is 1. The van der Waals surface area contributed by atoms with Crippen molar-refractivity contribution in [3.63, 3.8) is 0 Å². The third-order valence-electron chi connectivity index (χ3n) is 7.67. The molecule has 0 bridgehead atoms. The van der Waals surface area contributed by atoms with E-state index in [-0.39, 0.29) is 5.82 Å². The fraction of sp³-hybridized carbons (Fsp3) is 0.121. The number of rotatable bonds is 4. The van der Waals surface area contributed by atoms with Gasteiger partial charge in [0.1, 0.15) is 32.1 Å². The van der Waals surface area contributed by atoms with E-state index in [0.717, 1.165) is 38.7 Å². The Morgan fingerprint density at radius 3 is 2.00 bits per heavy atom. The zero-order valence-corrected chi connectivity index (χ0v) is 22.5.